The smallest absolute Gasteiger partial charge is 0.272 e. The first kappa shape index (κ1) is 19.5. The van der Waals surface area contributed by atoms with Gasteiger partial charge in [-0.1, -0.05) is 6.92 Å². The van der Waals surface area contributed by atoms with E-state index in [1.165, 1.54) is 5.56 Å². The van der Waals surface area contributed by atoms with Gasteiger partial charge in [0.1, 0.15) is 5.69 Å². The molecule has 3 aromatic rings. The van der Waals surface area contributed by atoms with E-state index in [2.05, 4.69) is 37.3 Å². The number of carbonyl (C=O) groups is 1. The van der Waals surface area contributed by atoms with Gasteiger partial charge in [-0.2, -0.15) is 5.10 Å². The lowest BCUT2D eigenvalue weighted by Crippen LogP contribution is -2.27. The molecule has 2 fully saturated rings. The molecule has 1 unspecified atom stereocenters. The largest absolute Gasteiger partial charge is 0.342 e. The highest BCUT2D eigenvalue weighted by atomic mass is 16.2. The standard InChI is InChI=1S/C23H28N8O/c1-12-17-8-31(9-18(12)17)23-24-6-15(13(2)26-23)7-30-10-20(25-11-30)22(32)27-19-5-4-16-14(3)28-29-21(16)19/h6,10-12,17-19H,4-5,7-9H2,1-3H3,(H,27,32)(H,28,29)/t12?,17-,18+,19-/m1/s1. The van der Waals surface area contributed by atoms with Crippen molar-refractivity contribution in [2.75, 3.05) is 18.0 Å². The van der Waals surface area contributed by atoms with Crippen LogP contribution in [-0.4, -0.2) is 48.7 Å². The Morgan fingerprint density at radius 3 is 2.84 bits per heavy atom. The van der Waals surface area contributed by atoms with E-state index in [4.69, 9.17) is 4.98 Å². The zero-order valence-electron chi connectivity index (χ0n) is 18.7. The van der Waals surface area contributed by atoms with Crippen molar-refractivity contribution in [2.45, 2.75) is 46.2 Å². The maximum atomic E-state index is 12.7. The van der Waals surface area contributed by atoms with Crippen LogP contribution in [0.25, 0.3) is 0 Å². The van der Waals surface area contributed by atoms with E-state index in [9.17, 15) is 4.79 Å². The van der Waals surface area contributed by atoms with Crippen LogP contribution in [0, 0.1) is 31.6 Å². The maximum absolute atomic E-state index is 12.7. The molecule has 166 valence electrons. The van der Waals surface area contributed by atoms with Crippen LogP contribution in [0.5, 0.6) is 0 Å². The lowest BCUT2D eigenvalue weighted by Gasteiger charge is -2.19. The molecule has 6 rings (SSSR count). The molecule has 3 aromatic heterocycles. The molecule has 4 heterocycles. The van der Waals surface area contributed by atoms with Crippen molar-refractivity contribution in [3.05, 3.63) is 52.6 Å². The normalized spacial score (nSPS) is 25.7. The second kappa shape index (κ2) is 7.15. The quantitative estimate of drug-likeness (QED) is 0.640. The second-order valence-electron chi connectivity index (χ2n) is 9.58. The molecule has 1 aliphatic heterocycles. The van der Waals surface area contributed by atoms with Crippen LogP contribution in [-0.2, 0) is 13.0 Å². The van der Waals surface area contributed by atoms with Crippen molar-refractivity contribution < 1.29 is 4.79 Å². The molecular formula is C23H28N8O. The molecular weight excluding hydrogens is 404 g/mol. The van der Waals surface area contributed by atoms with E-state index in [1.807, 2.05) is 24.6 Å². The highest BCUT2D eigenvalue weighted by Gasteiger charge is 2.53. The highest BCUT2D eigenvalue weighted by Crippen LogP contribution is 2.51. The first-order valence-corrected chi connectivity index (χ1v) is 11.4. The van der Waals surface area contributed by atoms with Crippen LogP contribution in [0.1, 0.15) is 58.1 Å². The maximum Gasteiger partial charge on any atom is 0.272 e. The van der Waals surface area contributed by atoms with Crippen LogP contribution in [0.3, 0.4) is 0 Å². The van der Waals surface area contributed by atoms with E-state index in [-0.39, 0.29) is 11.9 Å². The van der Waals surface area contributed by atoms with Gasteiger partial charge in [0.05, 0.1) is 24.6 Å². The number of amides is 1. The van der Waals surface area contributed by atoms with Crippen molar-refractivity contribution >= 4 is 11.9 Å². The van der Waals surface area contributed by atoms with E-state index < -0.39 is 0 Å². The summed E-state index contributed by atoms with van der Waals surface area (Å²) in [6, 6.07) is -0.0598. The number of piperidine rings is 1. The van der Waals surface area contributed by atoms with Gasteiger partial charge in [-0.25, -0.2) is 15.0 Å². The zero-order chi connectivity index (χ0) is 22.0. The molecule has 0 spiro atoms. The summed E-state index contributed by atoms with van der Waals surface area (Å²) < 4.78 is 1.91. The Kier molecular flexibility index (Phi) is 4.34. The molecule has 0 bridgehead atoms. The summed E-state index contributed by atoms with van der Waals surface area (Å²) in [4.78, 5) is 28.7. The van der Waals surface area contributed by atoms with Crippen LogP contribution in [0.2, 0.25) is 0 Å². The fourth-order valence-electron chi connectivity index (χ4n) is 5.41. The minimum atomic E-state index is -0.174. The monoisotopic (exact) mass is 432 g/mol. The van der Waals surface area contributed by atoms with Gasteiger partial charge in [0.15, 0.2) is 0 Å². The van der Waals surface area contributed by atoms with Gasteiger partial charge >= 0.3 is 0 Å². The fraction of sp³-hybridized carbons (Fsp3) is 0.522. The topological polar surface area (TPSA) is 105 Å². The number of aromatic nitrogens is 6. The van der Waals surface area contributed by atoms with Gasteiger partial charge in [-0.05, 0) is 50.0 Å². The summed E-state index contributed by atoms with van der Waals surface area (Å²) in [6.45, 7) is 9.11. The number of anilines is 1. The van der Waals surface area contributed by atoms with Gasteiger partial charge in [0, 0.05) is 42.4 Å². The lowest BCUT2D eigenvalue weighted by atomic mass is 10.2. The Morgan fingerprint density at radius 1 is 1.25 bits per heavy atom. The Morgan fingerprint density at radius 2 is 2.06 bits per heavy atom. The van der Waals surface area contributed by atoms with Crippen molar-refractivity contribution in [1.82, 2.24) is 35.0 Å². The number of nitrogens with zero attached hydrogens (tertiary/aromatic N) is 6. The van der Waals surface area contributed by atoms with E-state index in [0.29, 0.717) is 12.2 Å². The predicted octanol–water partition coefficient (Wildman–Crippen LogP) is 2.18. The third-order valence-corrected chi connectivity index (χ3v) is 7.62. The van der Waals surface area contributed by atoms with Gasteiger partial charge in [-0.3, -0.25) is 9.89 Å². The SMILES string of the molecule is Cc1nc(N2C[C@@H]3C(C)[C@@H]3C2)ncc1Cn1cnc(C(=O)N[C@@H]2CCc3c2n[nH]c3C)c1. The van der Waals surface area contributed by atoms with Crippen molar-refractivity contribution in [2.24, 2.45) is 17.8 Å². The van der Waals surface area contributed by atoms with Gasteiger partial charge < -0.3 is 14.8 Å². The second-order valence-corrected chi connectivity index (χ2v) is 9.58. The molecule has 2 N–H and O–H groups in total. The average Bonchev–Trinajstić information content (AvgIpc) is 3.36. The number of imidazole rings is 1. The van der Waals surface area contributed by atoms with Crippen LogP contribution in [0.4, 0.5) is 5.95 Å². The fourth-order valence-corrected chi connectivity index (χ4v) is 5.41. The van der Waals surface area contributed by atoms with Gasteiger partial charge in [-0.15, -0.1) is 0 Å². The van der Waals surface area contributed by atoms with Crippen LogP contribution in [0.15, 0.2) is 18.7 Å². The number of aryl methyl sites for hydroxylation is 2. The number of hydrogen-bond acceptors (Lipinski definition) is 6. The van der Waals surface area contributed by atoms with E-state index in [0.717, 1.165) is 72.3 Å². The molecule has 4 atom stereocenters. The minimum Gasteiger partial charge on any atom is -0.342 e. The number of fused-ring (bicyclic) bond motifs is 2. The number of nitrogens with one attached hydrogen (secondary N) is 2. The molecule has 2 aliphatic carbocycles. The Labute approximate surface area is 186 Å². The minimum absolute atomic E-state index is 0.0598. The average molecular weight is 433 g/mol. The van der Waals surface area contributed by atoms with Gasteiger partial charge in [0.25, 0.3) is 5.91 Å². The molecule has 32 heavy (non-hydrogen) atoms. The summed E-state index contributed by atoms with van der Waals surface area (Å²) in [5, 5.41) is 10.4. The summed E-state index contributed by atoms with van der Waals surface area (Å²) in [5.41, 5.74) is 5.67. The van der Waals surface area contributed by atoms with E-state index >= 15 is 0 Å². The third kappa shape index (κ3) is 3.18. The molecule has 9 nitrogen and oxygen atoms in total. The summed E-state index contributed by atoms with van der Waals surface area (Å²) in [6.07, 6.45) is 7.19. The molecule has 1 amide bonds. The first-order valence-electron chi connectivity index (χ1n) is 11.4. The van der Waals surface area contributed by atoms with Crippen LogP contribution >= 0.6 is 0 Å². The number of hydrogen-bond donors (Lipinski definition) is 2. The highest BCUT2D eigenvalue weighted by molar-refractivity contribution is 5.92. The molecule has 1 saturated heterocycles. The Hall–Kier alpha value is -3.23. The third-order valence-electron chi connectivity index (χ3n) is 7.62. The molecule has 0 aromatic carbocycles. The zero-order valence-corrected chi connectivity index (χ0v) is 18.7. The first-order chi connectivity index (χ1) is 15.5. The molecule has 9 heteroatoms. The number of H-pyrrole nitrogens is 1. The number of aromatic amines is 1. The number of carbonyl (C=O) groups excluding carboxylic acids is 1. The van der Waals surface area contributed by atoms with Crippen molar-refractivity contribution in [3.63, 3.8) is 0 Å². The predicted molar refractivity (Wildman–Crippen MR) is 118 cm³/mol. The Balaban J connectivity index is 1.10. The van der Waals surface area contributed by atoms with Crippen molar-refractivity contribution in [3.8, 4) is 0 Å². The molecule has 0 radical (unpaired) electrons. The summed E-state index contributed by atoms with van der Waals surface area (Å²) >= 11 is 0. The molecule has 1 saturated carbocycles. The van der Waals surface area contributed by atoms with E-state index in [1.54, 1.807) is 12.5 Å². The Bertz CT molecular complexity index is 1180. The summed E-state index contributed by atoms with van der Waals surface area (Å²) in [5.74, 6) is 3.16. The van der Waals surface area contributed by atoms with Crippen LogP contribution < -0.4 is 10.2 Å². The van der Waals surface area contributed by atoms with Crippen molar-refractivity contribution in [1.29, 1.82) is 0 Å². The van der Waals surface area contributed by atoms with Gasteiger partial charge in [0.2, 0.25) is 5.95 Å². The summed E-state index contributed by atoms with van der Waals surface area (Å²) in [7, 11) is 0. The number of rotatable bonds is 5. The lowest BCUT2D eigenvalue weighted by molar-refractivity contribution is 0.0931. The molecule has 3 aliphatic rings.